The van der Waals surface area contributed by atoms with Crippen LogP contribution in [0.15, 0.2) is 35.3 Å². The Kier molecular flexibility index (Phi) is 2.78. The molecule has 0 saturated heterocycles. The van der Waals surface area contributed by atoms with Crippen LogP contribution in [0.1, 0.15) is 23.1 Å². The second kappa shape index (κ2) is 4.23. The van der Waals surface area contributed by atoms with Crippen LogP contribution in [-0.4, -0.2) is 17.0 Å². The van der Waals surface area contributed by atoms with Gasteiger partial charge < -0.3 is 9.73 Å². The molecule has 0 amide bonds. The maximum absolute atomic E-state index is 5.57. The molecule has 0 aromatic carbocycles. The second-order valence-corrected chi connectivity index (χ2v) is 3.34. The summed E-state index contributed by atoms with van der Waals surface area (Å²) in [5, 5.41) is 3.17. The lowest BCUT2D eigenvalue weighted by Gasteiger charge is -2.12. The minimum Gasteiger partial charge on any atom is -0.464 e. The molecule has 2 aromatic heterocycles. The zero-order valence-corrected chi connectivity index (χ0v) is 8.77. The first-order valence-corrected chi connectivity index (χ1v) is 4.80. The fourth-order valence-electron chi connectivity index (χ4n) is 1.54. The van der Waals surface area contributed by atoms with Crippen molar-refractivity contribution in [2.45, 2.75) is 13.0 Å². The highest BCUT2D eigenvalue weighted by atomic mass is 16.3. The molecule has 4 nitrogen and oxygen atoms in total. The van der Waals surface area contributed by atoms with Crippen molar-refractivity contribution in [2.75, 3.05) is 7.05 Å². The number of rotatable bonds is 3. The Bertz CT molecular complexity index is 424. The third-order valence-electron chi connectivity index (χ3n) is 2.25. The molecule has 2 rings (SSSR count). The Hall–Kier alpha value is -1.68. The number of hydrogen-bond donors (Lipinski definition) is 1. The van der Waals surface area contributed by atoms with E-state index in [0.717, 1.165) is 17.1 Å². The number of furan rings is 1. The van der Waals surface area contributed by atoms with Gasteiger partial charge in [-0.25, -0.2) is 9.97 Å². The quantitative estimate of drug-likeness (QED) is 0.824. The van der Waals surface area contributed by atoms with Gasteiger partial charge in [-0.05, 0) is 26.1 Å². The van der Waals surface area contributed by atoms with Crippen molar-refractivity contribution < 1.29 is 4.42 Å². The van der Waals surface area contributed by atoms with Crippen molar-refractivity contribution in [2.24, 2.45) is 0 Å². The average Bonchev–Trinajstić information content (AvgIpc) is 2.68. The van der Waals surface area contributed by atoms with E-state index in [9.17, 15) is 0 Å². The van der Waals surface area contributed by atoms with Gasteiger partial charge in [0.2, 0.25) is 0 Å². The van der Waals surface area contributed by atoms with Gasteiger partial charge in [0, 0.05) is 18.0 Å². The smallest absolute Gasteiger partial charge is 0.125 e. The molecule has 15 heavy (non-hydrogen) atoms. The summed E-state index contributed by atoms with van der Waals surface area (Å²) in [6, 6.07) is 3.92. The van der Waals surface area contributed by atoms with Crippen LogP contribution < -0.4 is 5.32 Å². The Morgan fingerprint density at radius 3 is 2.53 bits per heavy atom. The van der Waals surface area contributed by atoms with Gasteiger partial charge in [-0.1, -0.05) is 0 Å². The maximum Gasteiger partial charge on any atom is 0.125 e. The van der Waals surface area contributed by atoms with E-state index >= 15 is 0 Å². The molecule has 1 unspecified atom stereocenters. The molecule has 1 N–H and O–H groups in total. The molecule has 2 aromatic rings. The van der Waals surface area contributed by atoms with Crippen LogP contribution in [0.2, 0.25) is 0 Å². The Labute approximate surface area is 88.4 Å². The highest BCUT2D eigenvalue weighted by Gasteiger charge is 2.15. The lowest BCUT2D eigenvalue weighted by molar-refractivity contribution is 0.443. The highest BCUT2D eigenvalue weighted by Crippen LogP contribution is 2.21. The van der Waals surface area contributed by atoms with Crippen molar-refractivity contribution in [1.82, 2.24) is 15.3 Å². The number of aryl methyl sites for hydroxylation is 1. The zero-order chi connectivity index (χ0) is 10.7. The minimum atomic E-state index is 0.0138. The summed E-state index contributed by atoms with van der Waals surface area (Å²) in [7, 11) is 1.88. The van der Waals surface area contributed by atoms with Gasteiger partial charge >= 0.3 is 0 Å². The number of aromatic nitrogens is 2. The summed E-state index contributed by atoms with van der Waals surface area (Å²) < 4.78 is 5.57. The van der Waals surface area contributed by atoms with Crippen LogP contribution in [0.3, 0.4) is 0 Å². The van der Waals surface area contributed by atoms with Gasteiger partial charge in [-0.15, -0.1) is 0 Å². The topological polar surface area (TPSA) is 51.0 Å². The molecule has 4 heteroatoms. The SMILES string of the molecule is CNC(c1cncnc1)c1ccc(C)o1. The van der Waals surface area contributed by atoms with Gasteiger partial charge in [0.05, 0.1) is 6.04 Å². The molecule has 0 saturated carbocycles. The van der Waals surface area contributed by atoms with E-state index in [1.807, 2.05) is 26.1 Å². The fraction of sp³-hybridized carbons (Fsp3) is 0.273. The highest BCUT2D eigenvalue weighted by molar-refractivity contribution is 5.22. The van der Waals surface area contributed by atoms with E-state index in [4.69, 9.17) is 4.42 Å². The van der Waals surface area contributed by atoms with E-state index in [2.05, 4.69) is 15.3 Å². The first-order valence-electron chi connectivity index (χ1n) is 4.80. The lowest BCUT2D eigenvalue weighted by atomic mass is 10.1. The van der Waals surface area contributed by atoms with Crippen LogP contribution in [0.5, 0.6) is 0 Å². The monoisotopic (exact) mass is 203 g/mol. The molecule has 0 spiro atoms. The van der Waals surface area contributed by atoms with Gasteiger partial charge in [0.1, 0.15) is 17.8 Å². The number of nitrogens with zero attached hydrogens (tertiary/aromatic N) is 2. The average molecular weight is 203 g/mol. The molecule has 78 valence electrons. The van der Waals surface area contributed by atoms with Gasteiger partial charge in [0.25, 0.3) is 0 Å². The summed E-state index contributed by atoms with van der Waals surface area (Å²) in [5.74, 6) is 1.78. The molecule has 0 bridgehead atoms. The molecule has 0 aliphatic rings. The zero-order valence-electron chi connectivity index (χ0n) is 8.77. The van der Waals surface area contributed by atoms with Crippen molar-refractivity contribution in [3.8, 4) is 0 Å². The van der Waals surface area contributed by atoms with Crippen LogP contribution in [0, 0.1) is 6.92 Å². The first-order chi connectivity index (χ1) is 7.31. The van der Waals surface area contributed by atoms with Crippen molar-refractivity contribution in [1.29, 1.82) is 0 Å². The van der Waals surface area contributed by atoms with Crippen molar-refractivity contribution >= 4 is 0 Å². The molecule has 0 radical (unpaired) electrons. The largest absolute Gasteiger partial charge is 0.464 e. The minimum absolute atomic E-state index is 0.0138. The summed E-state index contributed by atoms with van der Waals surface area (Å²) in [6.07, 6.45) is 5.08. The van der Waals surface area contributed by atoms with Crippen LogP contribution in [0.25, 0.3) is 0 Å². The van der Waals surface area contributed by atoms with E-state index in [-0.39, 0.29) is 6.04 Å². The predicted molar refractivity (Wildman–Crippen MR) is 56.4 cm³/mol. The normalized spacial score (nSPS) is 12.7. The van der Waals surface area contributed by atoms with Crippen molar-refractivity contribution in [3.63, 3.8) is 0 Å². The van der Waals surface area contributed by atoms with Gasteiger partial charge in [-0.3, -0.25) is 0 Å². The summed E-state index contributed by atoms with van der Waals surface area (Å²) in [4.78, 5) is 7.99. The Morgan fingerprint density at radius 2 is 2.00 bits per heavy atom. The van der Waals surface area contributed by atoms with Crippen LogP contribution in [-0.2, 0) is 0 Å². The number of hydrogen-bond acceptors (Lipinski definition) is 4. The van der Waals surface area contributed by atoms with Crippen molar-refractivity contribution in [3.05, 3.63) is 47.9 Å². The molecule has 0 aliphatic carbocycles. The fourth-order valence-corrected chi connectivity index (χ4v) is 1.54. The maximum atomic E-state index is 5.57. The second-order valence-electron chi connectivity index (χ2n) is 3.34. The summed E-state index contributed by atoms with van der Waals surface area (Å²) in [5.41, 5.74) is 0.995. The molecule has 2 heterocycles. The third-order valence-corrected chi connectivity index (χ3v) is 2.25. The summed E-state index contributed by atoms with van der Waals surface area (Å²) >= 11 is 0. The van der Waals surface area contributed by atoms with Crippen LogP contribution >= 0.6 is 0 Å². The Balaban J connectivity index is 2.33. The molecule has 1 atom stereocenters. The van der Waals surface area contributed by atoms with E-state index in [1.54, 1.807) is 12.4 Å². The summed E-state index contributed by atoms with van der Waals surface area (Å²) in [6.45, 7) is 1.93. The van der Waals surface area contributed by atoms with Gasteiger partial charge in [-0.2, -0.15) is 0 Å². The molecular formula is C11H13N3O. The molecular weight excluding hydrogens is 190 g/mol. The van der Waals surface area contributed by atoms with E-state index < -0.39 is 0 Å². The number of nitrogens with one attached hydrogen (secondary N) is 1. The molecule has 0 fully saturated rings. The van der Waals surface area contributed by atoms with E-state index in [1.165, 1.54) is 6.33 Å². The molecule has 0 aliphatic heterocycles. The third kappa shape index (κ3) is 2.05. The van der Waals surface area contributed by atoms with Gasteiger partial charge in [0.15, 0.2) is 0 Å². The predicted octanol–water partition coefficient (Wildman–Crippen LogP) is 1.69. The lowest BCUT2D eigenvalue weighted by Crippen LogP contribution is -2.17. The standard InChI is InChI=1S/C11H13N3O/c1-8-3-4-10(15-8)11(12-2)9-5-13-7-14-6-9/h3-7,11-12H,1-2H3. The van der Waals surface area contributed by atoms with E-state index in [0.29, 0.717) is 0 Å². The van der Waals surface area contributed by atoms with Crippen LogP contribution in [0.4, 0.5) is 0 Å². The Morgan fingerprint density at radius 1 is 1.27 bits per heavy atom. The first kappa shape index (κ1) is 9.86.